The summed E-state index contributed by atoms with van der Waals surface area (Å²) in [5.74, 6) is -0.0724. The van der Waals surface area contributed by atoms with Crippen molar-refractivity contribution in [3.05, 3.63) is 34.9 Å². The molecule has 1 aliphatic rings. The van der Waals surface area contributed by atoms with Gasteiger partial charge in [-0.1, -0.05) is 30.2 Å². The molecule has 0 spiro atoms. The van der Waals surface area contributed by atoms with Gasteiger partial charge >= 0.3 is 0 Å². The highest BCUT2D eigenvalue weighted by Crippen LogP contribution is 2.16. The number of sulfonamides is 1. The molecule has 0 radical (unpaired) electrons. The number of rotatable bonds is 7. The smallest absolute Gasteiger partial charge is 0.215 e. The molecule has 2 rings (SSSR count). The minimum absolute atomic E-state index is 0.0724. The van der Waals surface area contributed by atoms with Gasteiger partial charge in [-0.3, -0.25) is 4.90 Å². The number of aliphatic hydroxyl groups is 1. The maximum atomic E-state index is 12.1. The predicted molar refractivity (Wildman–Crippen MR) is 88.4 cm³/mol. The number of benzene rings is 1. The Morgan fingerprint density at radius 3 is 2.91 bits per heavy atom. The van der Waals surface area contributed by atoms with E-state index in [0.717, 1.165) is 25.8 Å². The van der Waals surface area contributed by atoms with Crippen molar-refractivity contribution in [3.63, 3.8) is 0 Å². The molecule has 0 aliphatic carbocycles. The van der Waals surface area contributed by atoms with Crippen molar-refractivity contribution in [2.75, 3.05) is 26.2 Å². The van der Waals surface area contributed by atoms with Gasteiger partial charge in [0.15, 0.2) is 0 Å². The van der Waals surface area contributed by atoms with E-state index in [0.29, 0.717) is 23.7 Å². The van der Waals surface area contributed by atoms with Crippen LogP contribution in [0.1, 0.15) is 24.8 Å². The average molecular weight is 347 g/mol. The molecule has 0 saturated carbocycles. The number of aliphatic hydroxyl groups excluding tert-OH is 1. The first-order chi connectivity index (χ1) is 10.5. The van der Waals surface area contributed by atoms with Crippen LogP contribution in [-0.2, 0) is 15.8 Å². The van der Waals surface area contributed by atoms with Crippen LogP contribution in [0.2, 0.25) is 5.02 Å². The van der Waals surface area contributed by atoms with Crippen molar-refractivity contribution in [2.45, 2.75) is 31.1 Å². The maximum Gasteiger partial charge on any atom is 0.215 e. The Hall–Kier alpha value is -0.660. The highest BCUT2D eigenvalue weighted by atomic mass is 35.5. The van der Waals surface area contributed by atoms with Gasteiger partial charge in [-0.05, 0) is 37.1 Å². The maximum absolute atomic E-state index is 12.1. The second-order valence-electron chi connectivity index (χ2n) is 5.65. The van der Waals surface area contributed by atoms with Crippen LogP contribution in [0.25, 0.3) is 0 Å². The standard InChI is InChI=1S/C15H23ClN2O3S/c16-14-5-3-4-13(10-14)12-22(20,21)17-7-9-18-8-2-1-6-15(18)11-19/h3-5,10,15,17,19H,1-2,6-9,11-12H2. The zero-order valence-electron chi connectivity index (χ0n) is 12.5. The summed E-state index contributed by atoms with van der Waals surface area (Å²) in [6.07, 6.45) is 3.21. The van der Waals surface area contributed by atoms with Crippen molar-refractivity contribution >= 4 is 21.6 Å². The highest BCUT2D eigenvalue weighted by molar-refractivity contribution is 7.88. The van der Waals surface area contributed by atoms with E-state index in [2.05, 4.69) is 9.62 Å². The molecular formula is C15H23ClN2O3S. The van der Waals surface area contributed by atoms with Crippen LogP contribution in [0.4, 0.5) is 0 Å². The van der Waals surface area contributed by atoms with Gasteiger partial charge in [-0.2, -0.15) is 0 Å². The van der Waals surface area contributed by atoms with Crippen molar-refractivity contribution in [1.82, 2.24) is 9.62 Å². The SMILES string of the molecule is O=S(=O)(Cc1cccc(Cl)c1)NCCN1CCCCC1CO. The second-order valence-corrected chi connectivity index (χ2v) is 7.89. The number of hydrogen-bond acceptors (Lipinski definition) is 4. The summed E-state index contributed by atoms with van der Waals surface area (Å²) in [5.41, 5.74) is 0.672. The number of piperidine rings is 1. The fourth-order valence-corrected chi connectivity index (χ4v) is 4.14. The molecule has 0 bridgehead atoms. The van der Waals surface area contributed by atoms with Crippen LogP contribution in [0.15, 0.2) is 24.3 Å². The summed E-state index contributed by atoms with van der Waals surface area (Å²) in [7, 11) is -3.37. The van der Waals surface area contributed by atoms with E-state index in [9.17, 15) is 13.5 Å². The van der Waals surface area contributed by atoms with Gasteiger partial charge in [0.05, 0.1) is 12.4 Å². The number of hydrogen-bond donors (Lipinski definition) is 2. The Morgan fingerprint density at radius 2 is 2.18 bits per heavy atom. The first-order valence-electron chi connectivity index (χ1n) is 7.57. The first kappa shape index (κ1) is 17.7. The number of nitrogens with one attached hydrogen (secondary N) is 1. The molecule has 1 heterocycles. The Bertz CT molecular complexity index is 580. The van der Waals surface area contributed by atoms with Crippen LogP contribution in [-0.4, -0.2) is 50.7 Å². The highest BCUT2D eigenvalue weighted by Gasteiger charge is 2.21. The monoisotopic (exact) mass is 346 g/mol. The van der Waals surface area contributed by atoms with Crippen LogP contribution >= 0.6 is 11.6 Å². The van der Waals surface area contributed by atoms with Crippen molar-refractivity contribution < 1.29 is 13.5 Å². The molecule has 22 heavy (non-hydrogen) atoms. The predicted octanol–water partition coefficient (Wildman–Crippen LogP) is 1.61. The molecule has 1 unspecified atom stereocenters. The molecule has 7 heteroatoms. The normalized spacial score (nSPS) is 20.2. The zero-order valence-corrected chi connectivity index (χ0v) is 14.1. The molecule has 0 amide bonds. The third-order valence-electron chi connectivity index (χ3n) is 3.93. The molecule has 1 aliphatic heterocycles. The Balaban J connectivity index is 1.82. The van der Waals surface area contributed by atoms with Crippen molar-refractivity contribution in [3.8, 4) is 0 Å². The van der Waals surface area contributed by atoms with Gasteiger partial charge in [0.25, 0.3) is 0 Å². The summed E-state index contributed by atoms with van der Waals surface area (Å²) in [5, 5.41) is 9.88. The van der Waals surface area contributed by atoms with E-state index < -0.39 is 10.0 Å². The van der Waals surface area contributed by atoms with E-state index in [1.54, 1.807) is 24.3 Å². The van der Waals surface area contributed by atoms with Crippen LogP contribution < -0.4 is 4.72 Å². The second kappa shape index (κ2) is 8.26. The van der Waals surface area contributed by atoms with Crippen LogP contribution in [0, 0.1) is 0 Å². The molecule has 1 aromatic carbocycles. The van der Waals surface area contributed by atoms with E-state index >= 15 is 0 Å². The topological polar surface area (TPSA) is 69.6 Å². The van der Waals surface area contributed by atoms with Crippen LogP contribution in [0.5, 0.6) is 0 Å². The van der Waals surface area contributed by atoms with E-state index in [1.165, 1.54) is 0 Å². The molecule has 1 atom stereocenters. The lowest BCUT2D eigenvalue weighted by molar-refractivity contribution is 0.0923. The molecule has 1 aromatic rings. The van der Waals surface area contributed by atoms with E-state index in [-0.39, 0.29) is 18.4 Å². The summed E-state index contributed by atoms with van der Waals surface area (Å²) in [6.45, 7) is 2.04. The third-order valence-corrected chi connectivity index (χ3v) is 5.52. The average Bonchev–Trinajstić information content (AvgIpc) is 2.47. The quantitative estimate of drug-likeness (QED) is 0.787. The summed E-state index contributed by atoms with van der Waals surface area (Å²) >= 11 is 5.87. The minimum Gasteiger partial charge on any atom is -0.395 e. The number of nitrogens with zero attached hydrogens (tertiary/aromatic N) is 1. The summed E-state index contributed by atoms with van der Waals surface area (Å²) in [4.78, 5) is 2.16. The molecule has 124 valence electrons. The van der Waals surface area contributed by atoms with Crippen molar-refractivity contribution in [1.29, 1.82) is 0 Å². The van der Waals surface area contributed by atoms with Crippen molar-refractivity contribution in [2.24, 2.45) is 0 Å². The van der Waals surface area contributed by atoms with Gasteiger partial charge in [0.1, 0.15) is 0 Å². The molecular weight excluding hydrogens is 324 g/mol. The van der Waals surface area contributed by atoms with E-state index in [4.69, 9.17) is 11.6 Å². The Morgan fingerprint density at radius 1 is 1.36 bits per heavy atom. The van der Waals surface area contributed by atoms with Gasteiger partial charge < -0.3 is 5.11 Å². The lowest BCUT2D eigenvalue weighted by atomic mass is 10.0. The molecule has 0 aromatic heterocycles. The molecule has 1 saturated heterocycles. The lowest BCUT2D eigenvalue weighted by Crippen LogP contribution is -2.45. The first-order valence-corrected chi connectivity index (χ1v) is 9.60. The third kappa shape index (κ3) is 5.52. The Kier molecular flexibility index (Phi) is 6.65. The summed E-state index contributed by atoms with van der Waals surface area (Å²) in [6, 6.07) is 7.03. The van der Waals surface area contributed by atoms with Crippen LogP contribution in [0.3, 0.4) is 0 Å². The molecule has 5 nitrogen and oxygen atoms in total. The van der Waals surface area contributed by atoms with Gasteiger partial charge in [0.2, 0.25) is 10.0 Å². The molecule has 2 N–H and O–H groups in total. The fourth-order valence-electron chi connectivity index (χ4n) is 2.80. The largest absolute Gasteiger partial charge is 0.395 e. The van der Waals surface area contributed by atoms with Gasteiger partial charge in [-0.25, -0.2) is 13.1 Å². The van der Waals surface area contributed by atoms with Gasteiger partial charge in [-0.15, -0.1) is 0 Å². The lowest BCUT2D eigenvalue weighted by Gasteiger charge is -2.34. The zero-order chi connectivity index (χ0) is 16.0. The molecule has 1 fully saturated rings. The van der Waals surface area contributed by atoms with Gasteiger partial charge in [0, 0.05) is 24.2 Å². The summed E-state index contributed by atoms with van der Waals surface area (Å²) < 4.78 is 26.8. The minimum atomic E-state index is -3.37. The van der Waals surface area contributed by atoms with E-state index in [1.807, 2.05) is 0 Å². The fraction of sp³-hybridized carbons (Fsp3) is 0.600. The number of likely N-dealkylation sites (tertiary alicyclic amines) is 1. The Labute approximate surface area is 137 Å². The number of halogens is 1.